The molecule has 4 nitrogen and oxygen atoms in total. The van der Waals surface area contributed by atoms with Crippen LogP contribution in [0.1, 0.15) is 29.9 Å². The molecule has 1 aliphatic carbocycles. The lowest BCUT2D eigenvalue weighted by Gasteiger charge is -2.44. The first-order valence-corrected chi connectivity index (χ1v) is 11.1. The van der Waals surface area contributed by atoms with Gasteiger partial charge >= 0.3 is 0 Å². The number of ketones is 1. The normalized spacial score (nSPS) is 24.9. The quantitative estimate of drug-likeness (QED) is 0.714. The first-order valence-electron chi connectivity index (χ1n) is 9.56. The molecule has 0 aliphatic heterocycles. The molecule has 29 heavy (non-hydrogen) atoms. The summed E-state index contributed by atoms with van der Waals surface area (Å²) in [5.41, 5.74) is -0.635. The lowest BCUT2D eigenvalue weighted by atomic mass is 9.71. The molecule has 3 atom stereocenters. The number of carbonyl (C=O) groups is 1. The second-order valence-electron chi connectivity index (χ2n) is 7.51. The highest BCUT2D eigenvalue weighted by Crippen LogP contribution is 2.48. The van der Waals surface area contributed by atoms with E-state index in [1.165, 1.54) is 0 Å². The third-order valence-electron chi connectivity index (χ3n) is 5.66. The minimum atomic E-state index is -3.94. The summed E-state index contributed by atoms with van der Waals surface area (Å²) >= 11 is 0. The number of hydrogen-bond donors (Lipinski definition) is 1. The molecule has 1 aliphatic rings. The van der Waals surface area contributed by atoms with Gasteiger partial charge in [-0.1, -0.05) is 78.9 Å². The van der Waals surface area contributed by atoms with E-state index in [2.05, 4.69) is 0 Å². The van der Waals surface area contributed by atoms with Gasteiger partial charge in [-0.15, -0.1) is 0 Å². The molecule has 3 aromatic carbocycles. The molecule has 0 aromatic heterocycles. The molecule has 0 saturated heterocycles. The zero-order valence-electron chi connectivity index (χ0n) is 15.8. The van der Waals surface area contributed by atoms with Crippen molar-refractivity contribution in [2.45, 2.75) is 34.5 Å². The highest BCUT2D eigenvalue weighted by Gasteiger charge is 2.55. The molecule has 0 amide bonds. The van der Waals surface area contributed by atoms with Gasteiger partial charge in [-0.05, 0) is 23.3 Å². The molecule has 0 heterocycles. The molecular formula is C24H22O4S. The van der Waals surface area contributed by atoms with Gasteiger partial charge in [0.05, 0.1) is 4.90 Å². The monoisotopic (exact) mass is 406 g/mol. The number of benzene rings is 3. The van der Waals surface area contributed by atoms with E-state index in [9.17, 15) is 18.3 Å². The standard InChI is InChI=1S/C24H22O4S/c25-20-16-22(18-10-4-1-5-11-18)23(29(27,28)21-14-8-3-9-15-21)24(26,17-20)19-12-6-2-7-13-19/h1-15,22-23,26H,16-17H2/t22-,23-,24-/m0/s1. The number of Topliss-reactive ketones (excluding diaryl/α,β-unsaturated/α-hetero) is 1. The molecule has 5 heteroatoms. The van der Waals surface area contributed by atoms with Crippen LogP contribution in [0.2, 0.25) is 0 Å². The van der Waals surface area contributed by atoms with Crippen LogP contribution in [0.4, 0.5) is 0 Å². The maximum atomic E-state index is 13.8. The van der Waals surface area contributed by atoms with Gasteiger partial charge in [-0.25, -0.2) is 8.42 Å². The Morgan fingerprint density at radius 3 is 1.90 bits per heavy atom. The molecule has 0 radical (unpaired) electrons. The maximum Gasteiger partial charge on any atom is 0.185 e. The van der Waals surface area contributed by atoms with Crippen molar-refractivity contribution in [1.29, 1.82) is 0 Å². The molecule has 0 bridgehead atoms. The SMILES string of the molecule is O=C1C[C@@H](c2ccccc2)[C@H](S(=O)(=O)c2ccccc2)[C@@](O)(c2ccccc2)C1. The third-order valence-corrected chi connectivity index (χ3v) is 7.97. The molecule has 1 fully saturated rings. The van der Waals surface area contributed by atoms with Gasteiger partial charge in [0.2, 0.25) is 0 Å². The van der Waals surface area contributed by atoms with Crippen LogP contribution in [0.5, 0.6) is 0 Å². The van der Waals surface area contributed by atoms with Crippen molar-refractivity contribution in [3.63, 3.8) is 0 Å². The Hall–Kier alpha value is -2.76. The predicted octanol–water partition coefficient (Wildman–Crippen LogP) is 3.86. The summed E-state index contributed by atoms with van der Waals surface area (Å²) in [6.07, 6.45) is -0.146. The summed E-state index contributed by atoms with van der Waals surface area (Å²) in [5.74, 6) is -0.794. The number of rotatable bonds is 4. The molecule has 0 unspecified atom stereocenters. The Morgan fingerprint density at radius 2 is 1.31 bits per heavy atom. The molecular weight excluding hydrogens is 384 g/mol. The molecule has 0 spiro atoms. The van der Waals surface area contributed by atoms with Crippen molar-refractivity contribution < 1.29 is 18.3 Å². The van der Waals surface area contributed by atoms with E-state index in [0.29, 0.717) is 5.56 Å². The summed E-state index contributed by atoms with van der Waals surface area (Å²) in [4.78, 5) is 12.8. The Bertz CT molecular complexity index is 1100. The molecule has 148 valence electrons. The smallest absolute Gasteiger partial charge is 0.185 e. The summed E-state index contributed by atoms with van der Waals surface area (Å²) in [6, 6.07) is 26.0. The minimum absolute atomic E-state index is 0.0793. The fourth-order valence-corrected chi connectivity index (χ4v) is 6.62. The predicted molar refractivity (Wildman–Crippen MR) is 111 cm³/mol. The van der Waals surface area contributed by atoms with Gasteiger partial charge < -0.3 is 5.11 Å². The minimum Gasteiger partial charge on any atom is -0.383 e. The van der Waals surface area contributed by atoms with Crippen LogP contribution in [0.3, 0.4) is 0 Å². The van der Waals surface area contributed by atoms with Crippen molar-refractivity contribution in [2.24, 2.45) is 0 Å². The van der Waals surface area contributed by atoms with Crippen LogP contribution in [0.25, 0.3) is 0 Å². The Morgan fingerprint density at radius 1 is 0.793 bits per heavy atom. The van der Waals surface area contributed by atoms with E-state index in [1.807, 2.05) is 30.3 Å². The highest BCUT2D eigenvalue weighted by molar-refractivity contribution is 7.92. The van der Waals surface area contributed by atoms with Crippen molar-refractivity contribution in [3.05, 3.63) is 102 Å². The van der Waals surface area contributed by atoms with Crippen LogP contribution in [-0.2, 0) is 20.2 Å². The van der Waals surface area contributed by atoms with Crippen molar-refractivity contribution in [3.8, 4) is 0 Å². The third kappa shape index (κ3) is 3.52. The van der Waals surface area contributed by atoms with Crippen LogP contribution in [-0.4, -0.2) is 24.6 Å². The van der Waals surface area contributed by atoms with E-state index < -0.39 is 26.6 Å². The second-order valence-corrected chi connectivity index (χ2v) is 9.57. The molecule has 1 saturated carbocycles. The van der Waals surface area contributed by atoms with E-state index in [1.54, 1.807) is 60.7 Å². The fraction of sp³-hybridized carbons (Fsp3) is 0.208. The summed E-state index contributed by atoms with van der Waals surface area (Å²) in [6.45, 7) is 0. The van der Waals surface area contributed by atoms with Crippen LogP contribution >= 0.6 is 0 Å². The average molecular weight is 407 g/mol. The van der Waals surface area contributed by atoms with Crippen LogP contribution in [0.15, 0.2) is 95.9 Å². The van der Waals surface area contributed by atoms with Crippen molar-refractivity contribution in [2.75, 3.05) is 0 Å². The van der Waals surface area contributed by atoms with Gasteiger partial charge in [0.15, 0.2) is 9.84 Å². The fourth-order valence-electron chi connectivity index (χ4n) is 4.37. The van der Waals surface area contributed by atoms with Crippen molar-refractivity contribution >= 4 is 15.6 Å². The zero-order valence-corrected chi connectivity index (χ0v) is 16.6. The first-order chi connectivity index (χ1) is 13.9. The first kappa shape index (κ1) is 19.6. The van der Waals surface area contributed by atoms with Crippen LogP contribution < -0.4 is 0 Å². The largest absolute Gasteiger partial charge is 0.383 e. The van der Waals surface area contributed by atoms with Gasteiger partial charge in [-0.2, -0.15) is 0 Å². The second kappa shape index (κ2) is 7.58. The lowest BCUT2D eigenvalue weighted by Crippen LogP contribution is -2.53. The molecule has 4 rings (SSSR count). The van der Waals surface area contributed by atoms with Gasteiger partial charge in [-0.3, -0.25) is 4.79 Å². The highest BCUT2D eigenvalue weighted by atomic mass is 32.2. The van der Waals surface area contributed by atoms with E-state index in [0.717, 1.165) is 5.56 Å². The van der Waals surface area contributed by atoms with E-state index in [-0.39, 0.29) is 23.5 Å². The summed E-state index contributed by atoms with van der Waals surface area (Å²) in [7, 11) is -3.94. The molecule has 3 aromatic rings. The zero-order chi connectivity index (χ0) is 20.5. The lowest BCUT2D eigenvalue weighted by molar-refractivity contribution is -0.129. The number of aliphatic hydroxyl groups is 1. The average Bonchev–Trinajstić information content (AvgIpc) is 2.75. The number of sulfone groups is 1. The topological polar surface area (TPSA) is 71.4 Å². The number of carbonyl (C=O) groups excluding carboxylic acids is 1. The van der Waals surface area contributed by atoms with Gasteiger partial charge in [0.25, 0.3) is 0 Å². The Kier molecular flexibility index (Phi) is 5.11. The summed E-state index contributed by atoms with van der Waals surface area (Å²) in [5, 5.41) is 10.6. The molecule has 1 N–H and O–H groups in total. The van der Waals surface area contributed by atoms with Crippen molar-refractivity contribution in [1.82, 2.24) is 0 Å². The van der Waals surface area contributed by atoms with Gasteiger partial charge in [0, 0.05) is 18.8 Å². The van der Waals surface area contributed by atoms with Gasteiger partial charge in [0.1, 0.15) is 16.6 Å². The Labute approximate surface area is 170 Å². The van der Waals surface area contributed by atoms with E-state index in [4.69, 9.17) is 0 Å². The maximum absolute atomic E-state index is 13.8. The Balaban J connectivity index is 1.95. The number of hydrogen-bond acceptors (Lipinski definition) is 4. The summed E-state index contributed by atoms with van der Waals surface area (Å²) < 4.78 is 27.6. The van der Waals surface area contributed by atoms with Crippen LogP contribution in [0, 0.1) is 0 Å². The van der Waals surface area contributed by atoms with E-state index >= 15 is 0 Å².